The molecule has 1 aromatic heterocycles. The minimum Gasteiger partial charge on any atom is -0.396 e. The highest BCUT2D eigenvalue weighted by atomic mass is 79.9. The molecule has 0 bridgehead atoms. The Bertz CT molecular complexity index is 696. The van der Waals surface area contributed by atoms with Gasteiger partial charge in [0.2, 0.25) is 0 Å². The number of nitrogen functional groups attached to an aromatic ring is 1. The number of halogens is 4. The number of carbonyl (C=O) groups excluding carboxylic acids is 1. The molecule has 5 nitrogen and oxygen atoms in total. The van der Waals surface area contributed by atoms with Crippen molar-refractivity contribution >= 4 is 49.3 Å². The predicted molar refractivity (Wildman–Crippen MR) is 76.2 cm³/mol. The van der Waals surface area contributed by atoms with Crippen LogP contribution in [0.5, 0.6) is 0 Å². The fraction of sp³-hybridized carbons (Fsp3) is 0. The van der Waals surface area contributed by atoms with Gasteiger partial charge in [0.05, 0.1) is 17.4 Å². The molecular weight excluding hydrogens is 402 g/mol. The molecular formula is C11H6Br2F2N4O. The van der Waals surface area contributed by atoms with Gasteiger partial charge < -0.3 is 11.1 Å². The maximum Gasteiger partial charge on any atom is 0.260 e. The molecule has 9 heteroatoms. The fourth-order valence-corrected chi connectivity index (χ4v) is 2.29. The van der Waals surface area contributed by atoms with Crippen molar-refractivity contribution in [3.05, 3.63) is 44.7 Å². The highest BCUT2D eigenvalue weighted by Gasteiger charge is 2.18. The van der Waals surface area contributed by atoms with Crippen molar-refractivity contribution in [2.24, 2.45) is 0 Å². The number of anilines is 2. The summed E-state index contributed by atoms with van der Waals surface area (Å²) in [6.07, 6.45) is 1.34. The van der Waals surface area contributed by atoms with Crippen molar-refractivity contribution in [2.75, 3.05) is 11.1 Å². The molecule has 0 saturated heterocycles. The number of aromatic nitrogens is 2. The number of rotatable bonds is 2. The summed E-state index contributed by atoms with van der Waals surface area (Å²) in [6, 6.07) is 1.54. The van der Waals surface area contributed by atoms with Crippen molar-refractivity contribution in [1.29, 1.82) is 0 Å². The van der Waals surface area contributed by atoms with Crippen molar-refractivity contribution in [3.63, 3.8) is 0 Å². The molecule has 0 saturated carbocycles. The van der Waals surface area contributed by atoms with Gasteiger partial charge in [-0.1, -0.05) is 0 Å². The van der Waals surface area contributed by atoms with Crippen LogP contribution in [0.4, 0.5) is 20.3 Å². The summed E-state index contributed by atoms with van der Waals surface area (Å²) in [4.78, 5) is 19.7. The average Bonchev–Trinajstić information content (AvgIpc) is 2.37. The predicted octanol–water partition coefficient (Wildman–Crippen LogP) is 3.11. The zero-order valence-corrected chi connectivity index (χ0v) is 12.8. The van der Waals surface area contributed by atoms with E-state index in [1.54, 1.807) is 0 Å². The summed E-state index contributed by atoms with van der Waals surface area (Å²) in [6.45, 7) is 0. The highest BCUT2D eigenvalue weighted by Crippen LogP contribution is 2.22. The van der Waals surface area contributed by atoms with E-state index in [2.05, 4.69) is 47.1 Å². The molecule has 1 aromatic carbocycles. The van der Waals surface area contributed by atoms with E-state index in [0.29, 0.717) is 4.60 Å². The first kappa shape index (κ1) is 14.8. The second-order valence-electron chi connectivity index (χ2n) is 3.64. The van der Waals surface area contributed by atoms with Gasteiger partial charge in [0.15, 0.2) is 11.6 Å². The van der Waals surface area contributed by atoms with Crippen LogP contribution < -0.4 is 11.1 Å². The van der Waals surface area contributed by atoms with Crippen molar-refractivity contribution < 1.29 is 13.6 Å². The summed E-state index contributed by atoms with van der Waals surface area (Å²) in [5, 5.41) is 2.31. The van der Waals surface area contributed by atoms with Crippen LogP contribution in [0.3, 0.4) is 0 Å². The normalized spacial score (nSPS) is 10.4. The third-order valence-corrected chi connectivity index (χ3v) is 3.18. The lowest BCUT2D eigenvalue weighted by Gasteiger charge is -2.08. The lowest BCUT2D eigenvalue weighted by atomic mass is 10.1. The summed E-state index contributed by atoms with van der Waals surface area (Å²) < 4.78 is 27.5. The van der Waals surface area contributed by atoms with Gasteiger partial charge in [-0.15, -0.1) is 0 Å². The van der Waals surface area contributed by atoms with Crippen LogP contribution in [0.15, 0.2) is 27.5 Å². The zero-order valence-electron chi connectivity index (χ0n) is 9.62. The van der Waals surface area contributed by atoms with Crippen LogP contribution in [0.1, 0.15) is 10.4 Å². The number of nitrogens with zero attached hydrogens (tertiary/aromatic N) is 2. The number of amides is 1. The molecule has 0 atom stereocenters. The van der Waals surface area contributed by atoms with E-state index in [4.69, 9.17) is 5.73 Å². The summed E-state index contributed by atoms with van der Waals surface area (Å²) in [5.74, 6) is -2.62. The van der Waals surface area contributed by atoms with E-state index in [-0.39, 0.29) is 10.4 Å². The van der Waals surface area contributed by atoms with E-state index in [9.17, 15) is 13.6 Å². The Morgan fingerprint density at radius 3 is 2.65 bits per heavy atom. The molecule has 2 rings (SSSR count). The van der Waals surface area contributed by atoms with E-state index in [0.717, 1.165) is 12.1 Å². The third-order valence-electron chi connectivity index (χ3n) is 2.24. The van der Waals surface area contributed by atoms with Crippen molar-refractivity contribution in [2.45, 2.75) is 0 Å². The van der Waals surface area contributed by atoms with Crippen LogP contribution in [0.2, 0.25) is 0 Å². The highest BCUT2D eigenvalue weighted by molar-refractivity contribution is 9.11. The number of benzene rings is 1. The molecule has 0 aliphatic carbocycles. The average molecular weight is 408 g/mol. The molecule has 3 N–H and O–H groups in total. The largest absolute Gasteiger partial charge is 0.396 e. The second-order valence-corrected chi connectivity index (χ2v) is 5.21. The van der Waals surface area contributed by atoms with E-state index < -0.39 is 28.8 Å². The van der Waals surface area contributed by atoms with Gasteiger partial charge in [0.25, 0.3) is 5.91 Å². The van der Waals surface area contributed by atoms with E-state index in [1.165, 1.54) is 6.20 Å². The van der Waals surface area contributed by atoms with Gasteiger partial charge in [-0.3, -0.25) is 4.79 Å². The molecule has 20 heavy (non-hydrogen) atoms. The van der Waals surface area contributed by atoms with Gasteiger partial charge in [-0.05, 0) is 44.0 Å². The first-order chi connectivity index (χ1) is 9.38. The molecule has 0 spiro atoms. The number of hydrogen-bond donors (Lipinski definition) is 2. The van der Waals surface area contributed by atoms with Crippen LogP contribution in [-0.2, 0) is 0 Å². The Balaban J connectivity index is 2.33. The molecule has 104 valence electrons. The van der Waals surface area contributed by atoms with E-state index in [1.807, 2.05) is 0 Å². The standard InChI is InChI=1S/C11H6Br2F2N4O/c12-7-3-17-10(9(13)18-7)19-11(20)5-1-4(14)2-6(16)8(5)15/h1-3H,16H2,(H,17,19,20). The molecule has 0 fully saturated rings. The first-order valence-corrected chi connectivity index (χ1v) is 6.71. The van der Waals surface area contributed by atoms with Gasteiger partial charge in [-0.2, -0.15) is 0 Å². The maximum atomic E-state index is 13.7. The SMILES string of the molecule is Nc1cc(F)cc(C(=O)Nc2ncc(Br)nc2Br)c1F. The minimum absolute atomic E-state index is 0.0698. The van der Waals surface area contributed by atoms with Crippen LogP contribution >= 0.6 is 31.9 Å². The smallest absolute Gasteiger partial charge is 0.260 e. The van der Waals surface area contributed by atoms with Crippen LogP contribution in [-0.4, -0.2) is 15.9 Å². The van der Waals surface area contributed by atoms with Crippen LogP contribution in [0, 0.1) is 11.6 Å². The zero-order chi connectivity index (χ0) is 14.9. The minimum atomic E-state index is -0.995. The van der Waals surface area contributed by atoms with Gasteiger partial charge in [0.1, 0.15) is 15.0 Å². The quantitative estimate of drug-likeness (QED) is 0.749. The Kier molecular flexibility index (Phi) is 4.29. The van der Waals surface area contributed by atoms with E-state index >= 15 is 0 Å². The van der Waals surface area contributed by atoms with Crippen LogP contribution in [0.25, 0.3) is 0 Å². The molecule has 0 radical (unpaired) electrons. The summed E-state index contributed by atoms with van der Waals surface area (Å²) in [5.41, 5.74) is 4.30. The molecule has 0 aliphatic rings. The monoisotopic (exact) mass is 406 g/mol. The van der Waals surface area contributed by atoms with Crippen molar-refractivity contribution in [1.82, 2.24) is 9.97 Å². The maximum absolute atomic E-state index is 13.7. The molecule has 1 amide bonds. The van der Waals surface area contributed by atoms with Gasteiger partial charge in [0, 0.05) is 0 Å². The number of carbonyl (C=O) groups is 1. The van der Waals surface area contributed by atoms with Gasteiger partial charge >= 0.3 is 0 Å². The second kappa shape index (κ2) is 5.80. The Morgan fingerprint density at radius 1 is 1.30 bits per heavy atom. The number of hydrogen-bond acceptors (Lipinski definition) is 4. The Labute approximate surface area is 128 Å². The Morgan fingerprint density at radius 2 is 2.00 bits per heavy atom. The summed E-state index contributed by atoms with van der Waals surface area (Å²) >= 11 is 6.18. The molecule has 0 unspecified atom stereocenters. The third kappa shape index (κ3) is 3.10. The van der Waals surface area contributed by atoms with Crippen molar-refractivity contribution in [3.8, 4) is 0 Å². The molecule has 2 aromatic rings. The number of nitrogens with two attached hydrogens (primary N) is 1. The summed E-state index contributed by atoms with van der Waals surface area (Å²) in [7, 11) is 0. The molecule has 0 aliphatic heterocycles. The fourth-order valence-electron chi connectivity index (χ4n) is 1.38. The lowest BCUT2D eigenvalue weighted by molar-refractivity contribution is 0.102. The van der Waals surface area contributed by atoms with Gasteiger partial charge in [-0.25, -0.2) is 18.7 Å². The Hall–Kier alpha value is -1.61. The first-order valence-electron chi connectivity index (χ1n) is 5.12. The number of nitrogens with one attached hydrogen (secondary N) is 1. The topological polar surface area (TPSA) is 80.9 Å². The lowest BCUT2D eigenvalue weighted by Crippen LogP contribution is -2.16. The molecule has 1 heterocycles.